The zero-order valence-corrected chi connectivity index (χ0v) is 13.5. The molecule has 1 saturated carbocycles. The number of hydrogen-bond donors (Lipinski definition) is 1. The van der Waals surface area contributed by atoms with E-state index in [0.717, 1.165) is 38.9 Å². The Balaban J connectivity index is 1.56. The van der Waals surface area contributed by atoms with Gasteiger partial charge in [-0.1, -0.05) is 34.1 Å². The van der Waals surface area contributed by atoms with Crippen molar-refractivity contribution in [3.8, 4) is 0 Å². The van der Waals surface area contributed by atoms with Crippen molar-refractivity contribution in [1.29, 1.82) is 0 Å². The second kappa shape index (κ2) is 6.14. The van der Waals surface area contributed by atoms with Gasteiger partial charge in [-0.3, -0.25) is 0 Å². The molecule has 4 heteroatoms. The van der Waals surface area contributed by atoms with Crippen LogP contribution in [0.2, 0.25) is 0 Å². The van der Waals surface area contributed by atoms with Crippen LogP contribution in [0.4, 0.5) is 0 Å². The summed E-state index contributed by atoms with van der Waals surface area (Å²) in [6, 6.07) is 9.33. The molecule has 2 aliphatic rings. The van der Waals surface area contributed by atoms with E-state index in [2.05, 4.69) is 52.4 Å². The standard InChI is InChI=1S/C16H22BrNO2/c1-12(14-4-2-3-5-15(14)17)18-13-6-8-16(9-7-13)19-10-11-20-16/h2-5,12-13,18H,6-11H2,1H3/t12-/m1/s1. The Kier molecular flexibility index (Phi) is 4.46. The molecular formula is C16H22BrNO2. The Morgan fingerprint density at radius 3 is 2.50 bits per heavy atom. The lowest BCUT2D eigenvalue weighted by molar-refractivity contribution is -0.179. The summed E-state index contributed by atoms with van der Waals surface area (Å²) >= 11 is 3.63. The monoisotopic (exact) mass is 339 g/mol. The number of ether oxygens (including phenoxy) is 2. The zero-order valence-electron chi connectivity index (χ0n) is 11.9. The van der Waals surface area contributed by atoms with Crippen LogP contribution in [0.5, 0.6) is 0 Å². The van der Waals surface area contributed by atoms with Crippen LogP contribution in [0.25, 0.3) is 0 Å². The second-order valence-corrected chi connectivity index (χ2v) is 6.65. The predicted molar refractivity (Wildman–Crippen MR) is 82.6 cm³/mol. The minimum atomic E-state index is -0.255. The molecule has 3 rings (SSSR count). The first kappa shape index (κ1) is 14.5. The summed E-state index contributed by atoms with van der Waals surface area (Å²) in [7, 11) is 0. The van der Waals surface area contributed by atoms with Crippen LogP contribution in [0.1, 0.15) is 44.2 Å². The lowest BCUT2D eigenvalue weighted by atomic mass is 9.89. The molecule has 20 heavy (non-hydrogen) atoms. The van der Waals surface area contributed by atoms with E-state index < -0.39 is 0 Å². The third-order valence-corrected chi connectivity index (χ3v) is 5.14. The molecule has 0 amide bonds. The molecule has 1 heterocycles. The van der Waals surface area contributed by atoms with Gasteiger partial charge >= 0.3 is 0 Å². The van der Waals surface area contributed by atoms with E-state index in [0.29, 0.717) is 12.1 Å². The summed E-state index contributed by atoms with van der Waals surface area (Å²) in [4.78, 5) is 0. The van der Waals surface area contributed by atoms with Crippen LogP contribution < -0.4 is 5.32 Å². The van der Waals surface area contributed by atoms with Gasteiger partial charge in [0.2, 0.25) is 0 Å². The third-order valence-electron chi connectivity index (χ3n) is 4.42. The topological polar surface area (TPSA) is 30.5 Å². The summed E-state index contributed by atoms with van der Waals surface area (Å²) < 4.78 is 12.7. The fourth-order valence-corrected chi connectivity index (χ4v) is 3.91. The number of halogens is 1. The van der Waals surface area contributed by atoms with E-state index >= 15 is 0 Å². The molecule has 110 valence electrons. The minimum Gasteiger partial charge on any atom is -0.348 e. The van der Waals surface area contributed by atoms with Crippen LogP contribution >= 0.6 is 15.9 Å². The van der Waals surface area contributed by atoms with Crippen molar-refractivity contribution >= 4 is 15.9 Å². The van der Waals surface area contributed by atoms with Crippen molar-refractivity contribution in [1.82, 2.24) is 5.32 Å². The Bertz CT molecular complexity index is 450. The average molecular weight is 340 g/mol. The highest BCUT2D eigenvalue weighted by molar-refractivity contribution is 9.10. The van der Waals surface area contributed by atoms with E-state index in [1.165, 1.54) is 10.0 Å². The predicted octanol–water partition coefficient (Wildman–Crippen LogP) is 3.79. The highest BCUT2D eigenvalue weighted by Crippen LogP contribution is 2.36. The summed E-state index contributed by atoms with van der Waals surface area (Å²) in [6.45, 7) is 3.74. The Morgan fingerprint density at radius 2 is 1.85 bits per heavy atom. The van der Waals surface area contributed by atoms with Crippen molar-refractivity contribution in [3.63, 3.8) is 0 Å². The van der Waals surface area contributed by atoms with Gasteiger partial charge in [-0.05, 0) is 31.4 Å². The molecule has 1 aromatic carbocycles. The molecule has 0 aromatic heterocycles. The van der Waals surface area contributed by atoms with Gasteiger partial charge in [0.25, 0.3) is 0 Å². The highest BCUT2D eigenvalue weighted by Gasteiger charge is 2.40. The van der Waals surface area contributed by atoms with Gasteiger partial charge in [0, 0.05) is 29.4 Å². The summed E-state index contributed by atoms with van der Waals surface area (Å²) in [5.74, 6) is -0.255. The highest BCUT2D eigenvalue weighted by atomic mass is 79.9. The van der Waals surface area contributed by atoms with Crippen LogP contribution in [0, 0.1) is 0 Å². The van der Waals surface area contributed by atoms with E-state index in [4.69, 9.17) is 9.47 Å². The van der Waals surface area contributed by atoms with Crippen LogP contribution in [-0.2, 0) is 9.47 Å². The largest absolute Gasteiger partial charge is 0.348 e. The first-order valence-electron chi connectivity index (χ1n) is 7.47. The van der Waals surface area contributed by atoms with Crippen LogP contribution in [0.3, 0.4) is 0 Å². The van der Waals surface area contributed by atoms with E-state index in [1.807, 2.05) is 0 Å². The van der Waals surface area contributed by atoms with Crippen molar-refractivity contribution < 1.29 is 9.47 Å². The summed E-state index contributed by atoms with van der Waals surface area (Å²) in [5.41, 5.74) is 1.32. The van der Waals surface area contributed by atoms with Crippen molar-refractivity contribution in [2.75, 3.05) is 13.2 Å². The smallest absolute Gasteiger partial charge is 0.168 e. The Hall–Kier alpha value is -0.420. The van der Waals surface area contributed by atoms with Crippen LogP contribution in [0.15, 0.2) is 28.7 Å². The first-order chi connectivity index (χ1) is 9.69. The molecule has 0 bridgehead atoms. The van der Waals surface area contributed by atoms with Crippen molar-refractivity contribution in [2.45, 2.75) is 50.5 Å². The molecule has 1 spiro atoms. The fourth-order valence-electron chi connectivity index (χ4n) is 3.28. The van der Waals surface area contributed by atoms with Gasteiger partial charge in [0.15, 0.2) is 5.79 Å². The van der Waals surface area contributed by atoms with E-state index in [1.54, 1.807) is 0 Å². The molecule has 1 saturated heterocycles. The molecule has 1 N–H and O–H groups in total. The van der Waals surface area contributed by atoms with Gasteiger partial charge in [-0.2, -0.15) is 0 Å². The van der Waals surface area contributed by atoms with E-state index in [-0.39, 0.29) is 5.79 Å². The molecule has 1 atom stereocenters. The molecule has 1 aliphatic carbocycles. The number of nitrogens with one attached hydrogen (secondary N) is 1. The molecule has 2 fully saturated rings. The minimum absolute atomic E-state index is 0.255. The Labute approximate surface area is 129 Å². The number of rotatable bonds is 3. The van der Waals surface area contributed by atoms with Gasteiger partial charge in [-0.25, -0.2) is 0 Å². The normalized spacial score (nSPS) is 24.1. The lowest BCUT2D eigenvalue weighted by Gasteiger charge is -2.36. The summed E-state index contributed by atoms with van der Waals surface area (Å²) in [5, 5.41) is 3.74. The quantitative estimate of drug-likeness (QED) is 0.908. The molecule has 0 radical (unpaired) electrons. The van der Waals surface area contributed by atoms with Crippen molar-refractivity contribution in [2.24, 2.45) is 0 Å². The lowest BCUT2D eigenvalue weighted by Crippen LogP contribution is -2.42. The first-order valence-corrected chi connectivity index (χ1v) is 8.26. The molecule has 3 nitrogen and oxygen atoms in total. The van der Waals surface area contributed by atoms with Gasteiger partial charge in [0.1, 0.15) is 0 Å². The zero-order chi connectivity index (χ0) is 14.0. The van der Waals surface area contributed by atoms with Gasteiger partial charge in [-0.15, -0.1) is 0 Å². The Morgan fingerprint density at radius 1 is 1.20 bits per heavy atom. The number of benzene rings is 1. The van der Waals surface area contributed by atoms with Gasteiger partial charge < -0.3 is 14.8 Å². The molecular weight excluding hydrogens is 318 g/mol. The van der Waals surface area contributed by atoms with Gasteiger partial charge in [0.05, 0.1) is 13.2 Å². The molecule has 0 unspecified atom stereocenters. The number of hydrogen-bond acceptors (Lipinski definition) is 3. The fraction of sp³-hybridized carbons (Fsp3) is 0.625. The summed E-state index contributed by atoms with van der Waals surface area (Å²) in [6.07, 6.45) is 4.25. The third kappa shape index (κ3) is 3.08. The maximum absolute atomic E-state index is 5.78. The van der Waals surface area contributed by atoms with Crippen LogP contribution in [-0.4, -0.2) is 25.0 Å². The van der Waals surface area contributed by atoms with E-state index in [9.17, 15) is 0 Å². The average Bonchev–Trinajstić information content (AvgIpc) is 2.90. The molecule has 1 aliphatic heterocycles. The maximum Gasteiger partial charge on any atom is 0.168 e. The van der Waals surface area contributed by atoms with Crippen molar-refractivity contribution in [3.05, 3.63) is 34.3 Å². The molecule has 1 aromatic rings. The maximum atomic E-state index is 5.78. The second-order valence-electron chi connectivity index (χ2n) is 5.79. The SMILES string of the molecule is C[C@@H](NC1CCC2(CC1)OCCO2)c1ccccc1Br.